The van der Waals surface area contributed by atoms with Gasteiger partial charge in [0.25, 0.3) is 10.0 Å². The lowest BCUT2D eigenvalue weighted by molar-refractivity contribution is -0.129. The number of halogens is 2. The second-order valence-corrected chi connectivity index (χ2v) is 7.51. The van der Waals surface area contributed by atoms with Crippen LogP contribution in [0.3, 0.4) is 0 Å². The predicted octanol–water partition coefficient (Wildman–Crippen LogP) is 2.67. The van der Waals surface area contributed by atoms with Crippen LogP contribution in [0.25, 0.3) is 0 Å². The van der Waals surface area contributed by atoms with Crippen LogP contribution in [0.5, 0.6) is 0 Å². The number of rotatable bonds is 3. The van der Waals surface area contributed by atoms with Crippen molar-refractivity contribution in [3.8, 4) is 0 Å². The molecule has 0 radical (unpaired) electrons. The summed E-state index contributed by atoms with van der Waals surface area (Å²) in [6.07, 6.45) is 0.681. The molecule has 8 heteroatoms. The number of fused-ring (bicyclic) bond motifs is 1. The Kier molecular flexibility index (Phi) is 4.47. The number of nitrogens with one attached hydrogen (secondary N) is 1. The van der Waals surface area contributed by atoms with Crippen molar-refractivity contribution in [1.29, 1.82) is 0 Å². The molecule has 2 aromatic rings. The number of carbonyl (C=O) groups is 1. The number of carbonyl (C=O) groups excluding carboxylic acids is 1. The summed E-state index contributed by atoms with van der Waals surface area (Å²) in [5.74, 6) is -1.93. The smallest absolute Gasteiger partial charge is 0.264 e. The Labute approximate surface area is 144 Å². The van der Waals surface area contributed by atoms with E-state index < -0.39 is 26.6 Å². The second-order valence-electron chi connectivity index (χ2n) is 5.85. The fourth-order valence-corrected chi connectivity index (χ4v) is 3.92. The first-order valence-corrected chi connectivity index (χ1v) is 9.10. The average molecular weight is 366 g/mol. The molecule has 1 amide bonds. The highest BCUT2D eigenvalue weighted by Gasteiger charge is 2.22. The van der Waals surface area contributed by atoms with E-state index in [9.17, 15) is 22.0 Å². The van der Waals surface area contributed by atoms with Crippen molar-refractivity contribution >= 4 is 21.6 Å². The highest BCUT2D eigenvalue weighted by Crippen LogP contribution is 2.25. The molecule has 0 spiro atoms. The fourth-order valence-electron chi connectivity index (χ4n) is 2.78. The molecule has 1 N–H and O–H groups in total. The van der Waals surface area contributed by atoms with Gasteiger partial charge in [0.05, 0.1) is 0 Å². The predicted molar refractivity (Wildman–Crippen MR) is 88.4 cm³/mol. The van der Waals surface area contributed by atoms with E-state index in [0.717, 1.165) is 23.3 Å². The number of amides is 1. The maximum Gasteiger partial charge on any atom is 0.264 e. The van der Waals surface area contributed by atoms with Gasteiger partial charge in [-0.05, 0) is 47.9 Å². The van der Waals surface area contributed by atoms with Gasteiger partial charge in [0, 0.05) is 25.7 Å². The zero-order chi connectivity index (χ0) is 18.2. The first kappa shape index (κ1) is 17.3. The van der Waals surface area contributed by atoms with Gasteiger partial charge < -0.3 is 4.90 Å². The van der Waals surface area contributed by atoms with Crippen LogP contribution in [0.4, 0.5) is 14.5 Å². The summed E-state index contributed by atoms with van der Waals surface area (Å²) in [4.78, 5) is 12.4. The van der Waals surface area contributed by atoms with E-state index in [0.29, 0.717) is 25.6 Å². The molecule has 0 aromatic heterocycles. The molecule has 0 bridgehead atoms. The van der Waals surface area contributed by atoms with Crippen LogP contribution in [0.1, 0.15) is 18.1 Å². The molecule has 25 heavy (non-hydrogen) atoms. The van der Waals surface area contributed by atoms with Crippen molar-refractivity contribution in [3.63, 3.8) is 0 Å². The van der Waals surface area contributed by atoms with Gasteiger partial charge in [-0.1, -0.05) is 6.07 Å². The normalized spacial score (nSPS) is 14.1. The Morgan fingerprint density at radius 1 is 1.12 bits per heavy atom. The third-order valence-corrected chi connectivity index (χ3v) is 5.50. The Morgan fingerprint density at radius 3 is 2.60 bits per heavy atom. The summed E-state index contributed by atoms with van der Waals surface area (Å²) < 4.78 is 53.9. The topological polar surface area (TPSA) is 66.5 Å². The molecular weight excluding hydrogens is 350 g/mol. The van der Waals surface area contributed by atoms with Crippen molar-refractivity contribution < 1.29 is 22.0 Å². The van der Waals surface area contributed by atoms with Gasteiger partial charge in [-0.25, -0.2) is 17.2 Å². The lowest BCUT2D eigenvalue weighted by Gasteiger charge is -2.28. The molecule has 3 rings (SSSR count). The van der Waals surface area contributed by atoms with Crippen molar-refractivity contribution in [3.05, 3.63) is 59.2 Å². The SMILES string of the molecule is CC(=O)N1CCc2ccc(NS(=O)(=O)c3cc(F)ccc3F)cc2C1. The molecule has 0 fully saturated rings. The molecule has 0 saturated heterocycles. The van der Waals surface area contributed by atoms with E-state index in [2.05, 4.69) is 4.72 Å². The quantitative estimate of drug-likeness (QED) is 0.908. The summed E-state index contributed by atoms with van der Waals surface area (Å²) in [5, 5.41) is 0. The molecule has 0 atom stereocenters. The summed E-state index contributed by atoms with van der Waals surface area (Å²) >= 11 is 0. The van der Waals surface area contributed by atoms with Crippen LogP contribution >= 0.6 is 0 Å². The molecule has 5 nitrogen and oxygen atoms in total. The lowest BCUT2D eigenvalue weighted by Crippen LogP contribution is -2.34. The van der Waals surface area contributed by atoms with E-state index in [1.807, 2.05) is 0 Å². The molecule has 132 valence electrons. The monoisotopic (exact) mass is 366 g/mol. The largest absolute Gasteiger partial charge is 0.338 e. The lowest BCUT2D eigenvalue weighted by atomic mass is 9.99. The number of anilines is 1. The zero-order valence-electron chi connectivity index (χ0n) is 13.4. The summed E-state index contributed by atoms with van der Waals surface area (Å²) in [7, 11) is -4.27. The molecular formula is C17H16F2N2O3S. The Balaban J connectivity index is 1.90. The molecule has 0 aliphatic carbocycles. The van der Waals surface area contributed by atoms with E-state index >= 15 is 0 Å². The molecule has 0 saturated carbocycles. The molecule has 1 aliphatic heterocycles. The Morgan fingerprint density at radius 2 is 1.88 bits per heavy atom. The molecule has 0 unspecified atom stereocenters. The van der Waals surface area contributed by atoms with Crippen LogP contribution < -0.4 is 4.72 Å². The van der Waals surface area contributed by atoms with Gasteiger partial charge >= 0.3 is 0 Å². The summed E-state index contributed by atoms with van der Waals surface area (Å²) in [6.45, 7) is 2.47. The third kappa shape index (κ3) is 3.63. The van der Waals surface area contributed by atoms with Gasteiger partial charge in [0.15, 0.2) is 0 Å². The second kappa shape index (κ2) is 6.44. The van der Waals surface area contributed by atoms with Crippen LogP contribution in [0, 0.1) is 11.6 Å². The Bertz CT molecular complexity index is 945. The van der Waals surface area contributed by atoms with Crippen LogP contribution in [-0.4, -0.2) is 25.8 Å². The van der Waals surface area contributed by atoms with E-state index in [1.54, 1.807) is 23.1 Å². The van der Waals surface area contributed by atoms with Gasteiger partial charge in [-0.3, -0.25) is 9.52 Å². The number of sulfonamides is 1. The van der Waals surface area contributed by atoms with Gasteiger partial charge in [-0.15, -0.1) is 0 Å². The average Bonchev–Trinajstić information content (AvgIpc) is 2.55. The van der Waals surface area contributed by atoms with Crippen LogP contribution in [0.2, 0.25) is 0 Å². The van der Waals surface area contributed by atoms with Crippen LogP contribution in [-0.2, 0) is 27.8 Å². The molecule has 2 aromatic carbocycles. The standard InChI is InChI=1S/C17H16F2N2O3S/c1-11(22)21-7-6-12-2-4-15(8-13(12)10-21)20-25(23,24)17-9-14(18)3-5-16(17)19/h2-5,8-9,20H,6-7,10H2,1H3. The zero-order valence-corrected chi connectivity index (χ0v) is 14.2. The third-order valence-electron chi connectivity index (χ3n) is 4.10. The number of hydrogen-bond acceptors (Lipinski definition) is 3. The minimum atomic E-state index is -4.27. The van der Waals surface area contributed by atoms with Crippen molar-refractivity contribution in [1.82, 2.24) is 4.90 Å². The van der Waals surface area contributed by atoms with Crippen molar-refractivity contribution in [2.24, 2.45) is 0 Å². The van der Waals surface area contributed by atoms with Gasteiger partial charge in [-0.2, -0.15) is 0 Å². The maximum atomic E-state index is 13.8. The van der Waals surface area contributed by atoms with Crippen molar-refractivity contribution in [2.75, 3.05) is 11.3 Å². The minimum Gasteiger partial charge on any atom is -0.338 e. The fraction of sp³-hybridized carbons (Fsp3) is 0.235. The first-order valence-electron chi connectivity index (χ1n) is 7.61. The highest BCUT2D eigenvalue weighted by molar-refractivity contribution is 7.92. The first-order chi connectivity index (χ1) is 11.8. The molecule has 1 aliphatic rings. The minimum absolute atomic E-state index is 0.0570. The van der Waals surface area contributed by atoms with Gasteiger partial charge in [0.2, 0.25) is 5.91 Å². The summed E-state index contributed by atoms with van der Waals surface area (Å²) in [6, 6.07) is 7.20. The van der Waals surface area contributed by atoms with Crippen LogP contribution in [0.15, 0.2) is 41.3 Å². The Hall–Kier alpha value is -2.48. The number of hydrogen-bond donors (Lipinski definition) is 1. The van der Waals surface area contributed by atoms with Crippen molar-refractivity contribution in [2.45, 2.75) is 24.8 Å². The summed E-state index contributed by atoms with van der Waals surface area (Å²) in [5.41, 5.74) is 2.08. The van der Waals surface area contributed by atoms with E-state index in [1.165, 1.54) is 6.92 Å². The molecule has 1 heterocycles. The van der Waals surface area contributed by atoms with Gasteiger partial charge in [0.1, 0.15) is 16.5 Å². The maximum absolute atomic E-state index is 13.8. The van der Waals surface area contributed by atoms with E-state index in [-0.39, 0.29) is 11.6 Å². The highest BCUT2D eigenvalue weighted by atomic mass is 32.2. The number of benzene rings is 2. The number of nitrogens with zero attached hydrogens (tertiary/aromatic N) is 1. The van der Waals surface area contributed by atoms with E-state index in [4.69, 9.17) is 0 Å².